The van der Waals surface area contributed by atoms with Gasteiger partial charge in [-0.05, 0) is 29.8 Å². The Kier molecular flexibility index (Phi) is 4.55. The summed E-state index contributed by atoms with van der Waals surface area (Å²) in [5, 5.41) is 0.971. The SMILES string of the molecule is CC(=O)OCc1nc2ccc(Cl)cn2c(=O)c1-c1ccc(Cl)cc1. The lowest BCUT2D eigenvalue weighted by molar-refractivity contribution is -0.142. The highest BCUT2D eigenvalue weighted by molar-refractivity contribution is 6.30. The number of pyridine rings is 1. The number of nitrogens with zero attached hydrogens (tertiary/aromatic N) is 2. The van der Waals surface area contributed by atoms with Crippen molar-refractivity contribution >= 4 is 34.8 Å². The van der Waals surface area contributed by atoms with Crippen LogP contribution in [0.2, 0.25) is 10.0 Å². The lowest BCUT2D eigenvalue weighted by Crippen LogP contribution is -2.20. The smallest absolute Gasteiger partial charge is 0.303 e. The second-order valence-electron chi connectivity index (χ2n) is 5.10. The highest BCUT2D eigenvalue weighted by atomic mass is 35.5. The first-order valence-corrected chi connectivity index (χ1v) is 7.81. The first-order chi connectivity index (χ1) is 11.5. The largest absolute Gasteiger partial charge is 0.459 e. The fraction of sp³-hybridized carbons (Fsp3) is 0.118. The standard InChI is InChI=1S/C17H12Cl2N2O3/c1-10(22)24-9-14-16(11-2-4-12(18)5-3-11)17(23)21-8-13(19)6-7-15(21)20-14/h2-8H,9H2,1H3. The van der Waals surface area contributed by atoms with Gasteiger partial charge in [0.1, 0.15) is 12.3 Å². The Labute approximate surface area is 147 Å². The molecule has 0 radical (unpaired) electrons. The molecule has 0 spiro atoms. The summed E-state index contributed by atoms with van der Waals surface area (Å²) in [5.74, 6) is -0.449. The Balaban J connectivity index is 2.27. The highest BCUT2D eigenvalue weighted by Crippen LogP contribution is 2.23. The molecule has 0 amide bonds. The Morgan fingerprint density at radius 2 is 1.79 bits per heavy atom. The quantitative estimate of drug-likeness (QED) is 0.666. The Hall–Kier alpha value is -2.37. The molecule has 0 saturated carbocycles. The number of carbonyl (C=O) groups is 1. The van der Waals surface area contributed by atoms with Crippen molar-refractivity contribution in [3.05, 3.63) is 68.7 Å². The summed E-state index contributed by atoms with van der Waals surface area (Å²) in [4.78, 5) is 28.5. The van der Waals surface area contributed by atoms with Crippen molar-refractivity contribution in [2.24, 2.45) is 0 Å². The molecular weight excluding hydrogens is 351 g/mol. The molecule has 7 heteroatoms. The number of hydrogen-bond acceptors (Lipinski definition) is 4. The van der Waals surface area contributed by atoms with Gasteiger partial charge in [0.05, 0.1) is 16.3 Å². The molecule has 5 nitrogen and oxygen atoms in total. The minimum absolute atomic E-state index is 0.0956. The summed E-state index contributed by atoms with van der Waals surface area (Å²) in [6.45, 7) is 1.21. The van der Waals surface area contributed by atoms with E-state index in [9.17, 15) is 9.59 Å². The van der Waals surface area contributed by atoms with Gasteiger partial charge in [-0.25, -0.2) is 4.98 Å². The third kappa shape index (κ3) is 3.27. The summed E-state index contributed by atoms with van der Waals surface area (Å²) in [5.41, 5.74) is 1.47. The maximum absolute atomic E-state index is 12.9. The zero-order valence-electron chi connectivity index (χ0n) is 12.6. The first-order valence-electron chi connectivity index (χ1n) is 7.06. The number of rotatable bonds is 3. The molecule has 0 N–H and O–H groups in total. The number of aromatic nitrogens is 2. The van der Waals surface area contributed by atoms with Gasteiger partial charge in [0.15, 0.2) is 0 Å². The fourth-order valence-electron chi connectivity index (χ4n) is 2.34. The summed E-state index contributed by atoms with van der Waals surface area (Å²) in [6, 6.07) is 10.1. The van der Waals surface area contributed by atoms with Crippen LogP contribution < -0.4 is 5.56 Å². The van der Waals surface area contributed by atoms with Gasteiger partial charge in [-0.2, -0.15) is 0 Å². The van der Waals surface area contributed by atoms with Gasteiger partial charge in [-0.15, -0.1) is 0 Å². The number of carbonyl (C=O) groups excluding carboxylic acids is 1. The van der Waals surface area contributed by atoms with E-state index in [-0.39, 0.29) is 12.2 Å². The van der Waals surface area contributed by atoms with Gasteiger partial charge < -0.3 is 4.74 Å². The van der Waals surface area contributed by atoms with E-state index in [0.717, 1.165) is 0 Å². The Bertz CT molecular complexity index is 982. The van der Waals surface area contributed by atoms with E-state index < -0.39 is 5.97 Å². The molecule has 0 aliphatic carbocycles. The normalized spacial score (nSPS) is 10.8. The van der Waals surface area contributed by atoms with Crippen LogP contribution in [0, 0.1) is 0 Å². The molecule has 0 unspecified atom stereocenters. The monoisotopic (exact) mass is 362 g/mol. The number of ether oxygens (including phenoxy) is 1. The van der Waals surface area contributed by atoms with E-state index in [2.05, 4.69) is 4.98 Å². The van der Waals surface area contributed by atoms with Gasteiger partial charge >= 0.3 is 5.97 Å². The molecule has 122 valence electrons. The van der Waals surface area contributed by atoms with Crippen LogP contribution in [0.4, 0.5) is 0 Å². The van der Waals surface area contributed by atoms with Crippen molar-refractivity contribution in [3.63, 3.8) is 0 Å². The van der Waals surface area contributed by atoms with E-state index in [4.69, 9.17) is 27.9 Å². The van der Waals surface area contributed by atoms with Crippen LogP contribution in [0.1, 0.15) is 12.6 Å². The first kappa shape index (κ1) is 16.5. The van der Waals surface area contributed by atoms with Crippen molar-refractivity contribution in [2.75, 3.05) is 0 Å². The molecule has 0 bridgehead atoms. The summed E-state index contributed by atoms with van der Waals surface area (Å²) < 4.78 is 6.40. The van der Waals surface area contributed by atoms with Crippen LogP contribution in [-0.2, 0) is 16.1 Å². The van der Waals surface area contributed by atoms with E-state index in [0.29, 0.717) is 32.5 Å². The number of esters is 1. The fourth-order valence-corrected chi connectivity index (χ4v) is 2.63. The number of benzene rings is 1. The van der Waals surface area contributed by atoms with Crippen LogP contribution in [0.15, 0.2) is 47.4 Å². The van der Waals surface area contributed by atoms with E-state index in [1.807, 2.05) is 0 Å². The van der Waals surface area contributed by atoms with Crippen LogP contribution in [-0.4, -0.2) is 15.4 Å². The van der Waals surface area contributed by atoms with Gasteiger partial charge in [0.25, 0.3) is 5.56 Å². The van der Waals surface area contributed by atoms with Crippen molar-refractivity contribution in [1.29, 1.82) is 0 Å². The number of halogens is 2. The van der Waals surface area contributed by atoms with Crippen molar-refractivity contribution in [1.82, 2.24) is 9.38 Å². The number of hydrogen-bond donors (Lipinski definition) is 0. The van der Waals surface area contributed by atoms with Crippen molar-refractivity contribution in [3.8, 4) is 11.1 Å². The van der Waals surface area contributed by atoms with Crippen molar-refractivity contribution in [2.45, 2.75) is 13.5 Å². The maximum atomic E-state index is 12.9. The van der Waals surface area contributed by atoms with Crippen LogP contribution >= 0.6 is 23.2 Å². The lowest BCUT2D eigenvalue weighted by Gasteiger charge is -2.11. The molecule has 0 saturated heterocycles. The van der Waals surface area contributed by atoms with Gasteiger partial charge in [-0.3, -0.25) is 14.0 Å². The van der Waals surface area contributed by atoms with Gasteiger partial charge in [0, 0.05) is 18.1 Å². The van der Waals surface area contributed by atoms with E-state index >= 15 is 0 Å². The third-order valence-corrected chi connectivity index (χ3v) is 3.88. The minimum atomic E-state index is -0.449. The molecule has 3 rings (SSSR count). The Morgan fingerprint density at radius 1 is 1.12 bits per heavy atom. The predicted octanol–water partition coefficient (Wildman–Crippen LogP) is 3.73. The molecule has 3 aromatic rings. The zero-order valence-corrected chi connectivity index (χ0v) is 14.1. The summed E-state index contributed by atoms with van der Waals surface area (Å²) in [7, 11) is 0. The molecule has 0 aliphatic heterocycles. The third-order valence-electron chi connectivity index (χ3n) is 3.41. The second-order valence-corrected chi connectivity index (χ2v) is 5.97. The molecule has 0 atom stereocenters. The van der Waals surface area contributed by atoms with E-state index in [1.54, 1.807) is 36.4 Å². The number of fused-ring (bicyclic) bond motifs is 1. The molecule has 1 aromatic carbocycles. The average molecular weight is 363 g/mol. The molecule has 0 aliphatic rings. The van der Waals surface area contributed by atoms with Gasteiger partial charge in [-0.1, -0.05) is 35.3 Å². The van der Waals surface area contributed by atoms with Crippen LogP contribution in [0.25, 0.3) is 16.8 Å². The second kappa shape index (κ2) is 6.63. The Morgan fingerprint density at radius 3 is 2.46 bits per heavy atom. The van der Waals surface area contributed by atoms with Crippen molar-refractivity contribution < 1.29 is 9.53 Å². The summed E-state index contributed by atoms with van der Waals surface area (Å²) in [6.07, 6.45) is 1.50. The molecule has 24 heavy (non-hydrogen) atoms. The molecular formula is C17H12Cl2N2O3. The molecule has 2 aromatic heterocycles. The van der Waals surface area contributed by atoms with Gasteiger partial charge in [0.2, 0.25) is 0 Å². The topological polar surface area (TPSA) is 60.7 Å². The maximum Gasteiger partial charge on any atom is 0.303 e. The highest BCUT2D eigenvalue weighted by Gasteiger charge is 2.16. The lowest BCUT2D eigenvalue weighted by atomic mass is 10.1. The van der Waals surface area contributed by atoms with Crippen LogP contribution in [0.5, 0.6) is 0 Å². The summed E-state index contributed by atoms with van der Waals surface area (Å²) >= 11 is 11.9. The zero-order chi connectivity index (χ0) is 17.3. The minimum Gasteiger partial charge on any atom is -0.459 e. The predicted molar refractivity (Wildman–Crippen MR) is 92.4 cm³/mol. The molecule has 0 fully saturated rings. The van der Waals surface area contributed by atoms with Crippen LogP contribution in [0.3, 0.4) is 0 Å². The molecule has 2 heterocycles. The van der Waals surface area contributed by atoms with E-state index in [1.165, 1.54) is 17.5 Å². The average Bonchev–Trinajstić information content (AvgIpc) is 2.55.